The second-order valence-electron chi connectivity index (χ2n) is 8.24. The average molecular weight is 310 g/mol. The third-order valence-corrected chi connectivity index (χ3v) is 7.44. The summed E-state index contributed by atoms with van der Waals surface area (Å²) in [4.78, 5) is 0. The normalized spacial score (nSPS) is 49.5. The molecule has 6 atom stereocenters. The fourth-order valence-electron chi connectivity index (χ4n) is 6.06. The van der Waals surface area contributed by atoms with E-state index in [0.29, 0.717) is 29.1 Å². The van der Waals surface area contributed by atoms with Crippen LogP contribution in [0.1, 0.15) is 39.5 Å². The van der Waals surface area contributed by atoms with E-state index in [0.717, 1.165) is 5.92 Å². The molecule has 3 nitrogen and oxygen atoms in total. The van der Waals surface area contributed by atoms with Gasteiger partial charge >= 0.3 is 0 Å². The maximum absolute atomic E-state index is 9.07. The summed E-state index contributed by atoms with van der Waals surface area (Å²) in [6.45, 7) is 4.81. The van der Waals surface area contributed by atoms with Gasteiger partial charge in [-0.3, -0.25) is 0 Å². The Morgan fingerprint density at radius 3 is 2.74 bits per heavy atom. The molecule has 0 aromatic carbocycles. The van der Waals surface area contributed by atoms with Gasteiger partial charge in [-0.05, 0) is 72.4 Å². The number of hydrogen-bond acceptors (Lipinski definition) is 2. The molecule has 4 aliphatic rings. The number of ether oxygens (including phenoxy) is 1. The van der Waals surface area contributed by atoms with Crippen molar-refractivity contribution in [3.8, 4) is 0 Å². The molecule has 0 heterocycles. The lowest BCUT2D eigenvalue weighted by Gasteiger charge is -2.54. The predicted octanol–water partition coefficient (Wildman–Crippen LogP) is 3.94. The fraction of sp³-hybridized carbons (Fsp3) is 0.650. The summed E-state index contributed by atoms with van der Waals surface area (Å²) in [5.41, 5.74) is 2.34. The average Bonchev–Trinajstić information content (AvgIpc) is 2.90. The van der Waals surface area contributed by atoms with Crippen molar-refractivity contribution < 1.29 is 4.74 Å². The zero-order valence-electron chi connectivity index (χ0n) is 14.3. The molecule has 0 saturated heterocycles. The molecule has 0 aliphatic heterocycles. The summed E-state index contributed by atoms with van der Waals surface area (Å²) < 4.78 is 5.83. The van der Waals surface area contributed by atoms with E-state index in [-0.39, 0.29) is 5.41 Å². The molecule has 0 aromatic heterocycles. The molecular formula is C20H26N2O. The van der Waals surface area contributed by atoms with Gasteiger partial charge in [-0.25, -0.2) is 0 Å². The van der Waals surface area contributed by atoms with Crippen molar-refractivity contribution in [2.24, 2.45) is 33.7 Å². The van der Waals surface area contributed by atoms with Crippen molar-refractivity contribution in [1.29, 1.82) is 0 Å². The lowest BCUT2D eigenvalue weighted by atomic mass is 9.50. The Labute approximate surface area is 139 Å². The SMILES string of the molecule is CO[C@@H]1CC[C@H]2[C@@H]3C=CC4=CC(=N[N])C=C[C@]4(C)[C@H]3CC[C@]12C. The number of rotatable bonds is 1. The van der Waals surface area contributed by atoms with Gasteiger partial charge in [-0.15, -0.1) is 5.10 Å². The molecule has 0 N–H and O–H groups in total. The number of methoxy groups -OCH3 is 1. The highest BCUT2D eigenvalue weighted by Gasteiger charge is 2.57. The first-order valence-electron chi connectivity index (χ1n) is 8.87. The Morgan fingerprint density at radius 1 is 1.17 bits per heavy atom. The largest absolute Gasteiger partial charge is 0.381 e. The van der Waals surface area contributed by atoms with Gasteiger partial charge in [0, 0.05) is 12.5 Å². The van der Waals surface area contributed by atoms with E-state index in [9.17, 15) is 0 Å². The van der Waals surface area contributed by atoms with Gasteiger partial charge in [-0.1, -0.05) is 32.1 Å². The van der Waals surface area contributed by atoms with Crippen LogP contribution in [0, 0.1) is 28.6 Å². The Hall–Kier alpha value is -1.35. The van der Waals surface area contributed by atoms with E-state index >= 15 is 0 Å². The van der Waals surface area contributed by atoms with Gasteiger partial charge < -0.3 is 4.74 Å². The highest BCUT2D eigenvalue weighted by atomic mass is 16.5. The zero-order chi connectivity index (χ0) is 16.2. The van der Waals surface area contributed by atoms with Crippen LogP contribution in [0.3, 0.4) is 0 Å². The molecule has 122 valence electrons. The van der Waals surface area contributed by atoms with Crippen LogP contribution < -0.4 is 5.84 Å². The van der Waals surface area contributed by atoms with Crippen molar-refractivity contribution in [2.45, 2.75) is 45.6 Å². The van der Waals surface area contributed by atoms with Crippen molar-refractivity contribution in [2.75, 3.05) is 7.11 Å². The van der Waals surface area contributed by atoms with Crippen LogP contribution in [-0.4, -0.2) is 18.9 Å². The van der Waals surface area contributed by atoms with E-state index in [4.69, 9.17) is 10.6 Å². The summed E-state index contributed by atoms with van der Waals surface area (Å²) in [6, 6.07) is 0. The molecule has 23 heavy (non-hydrogen) atoms. The Balaban J connectivity index is 1.73. The Bertz CT molecular complexity index is 632. The third kappa shape index (κ3) is 1.95. The van der Waals surface area contributed by atoms with E-state index in [1.54, 1.807) is 0 Å². The van der Waals surface area contributed by atoms with E-state index in [1.807, 2.05) is 19.3 Å². The van der Waals surface area contributed by atoms with Crippen LogP contribution in [0.2, 0.25) is 0 Å². The Kier molecular flexibility index (Phi) is 3.35. The van der Waals surface area contributed by atoms with Gasteiger partial charge in [0.25, 0.3) is 0 Å². The molecule has 0 bridgehead atoms. The summed E-state index contributed by atoms with van der Waals surface area (Å²) in [7, 11) is 1.88. The molecule has 2 saturated carbocycles. The maximum Gasteiger partial charge on any atom is 0.0875 e. The van der Waals surface area contributed by atoms with E-state index < -0.39 is 0 Å². The molecule has 0 spiro atoms. The molecule has 4 rings (SSSR count). The van der Waals surface area contributed by atoms with E-state index in [2.05, 4.69) is 37.2 Å². The van der Waals surface area contributed by atoms with Gasteiger partial charge in [-0.2, -0.15) is 0 Å². The van der Waals surface area contributed by atoms with Crippen LogP contribution in [0.25, 0.3) is 0 Å². The first-order valence-corrected chi connectivity index (χ1v) is 8.87. The summed E-state index contributed by atoms with van der Waals surface area (Å²) >= 11 is 0. The summed E-state index contributed by atoms with van der Waals surface area (Å²) in [5.74, 6) is 11.1. The second-order valence-corrected chi connectivity index (χ2v) is 8.24. The fourth-order valence-corrected chi connectivity index (χ4v) is 6.06. The first kappa shape index (κ1) is 15.2. The summed E-state index contributed by atoms with van der Waals surface area (Å²) in [6.07, 6.45) is 16.4. The minimum atomic E-state index is 0.0695. The highest BCUT2D eigenvalue weighted by molar-refractivity contribution is 6.05. The Morgan fingerprint density at radius 2 is 2.00 bits per heavy atom. The number of hydrogen-bond donors (Lipinski definition) is 0. The third-order valence-electron chi connectivity index (χ3n) is 7.44. The lowest BCUT2D eigenvalue weighted by molar-refractivity contribution is -0.0554. The molecule has 0 unspecified atom stereocenters. The van der Waals surface area contributed by atoms with Crippen LogP contribution >= 0.6 is 0 Å². The van der Waals surface area contributed by atoms with Gasteiger partial charge in [0.1, 0.15) is 0 Å². The lowest BCUT2D eigenvalue weighted by Crippen LogP contribution is -2.49. The van der Waals surface area contributed by atoms with Crippen molar-refractivity contribution >= 4 is 5.71 Å². The topological polar surface area (TPSA) is 43.9 Å². The smallest absolute Gasteiger partial charge is 0.0875 e. The zero-order valence-corrected chi connectivity index (χ0v) is 14.3. The molecule has 2 radical (unpaired) electrons. The highest BCUT2D eigenvalue weighted by Crippen LogP contribution is 2.63. The number of fused-ring (bicyclic) bond motifs is 5. The second kappa shape index (κ2) is 5.07. The standard InChI is InChI=1S/C20H26N2O/c1-19-10-8-14(22-21)12-13(19)4-5-15-16-6-7-18(23-3)20(16,2)11-9-17(15)19/h4-5,8,10,12,15-18H,6-7,9,11H2,1-3H3/t15-,16-,17-,18+,19-,20-/m0/s1. The molecule has 2 fully saturated rings. The predicted molar refractivity (Wildman–Crippen MR) is 91.9 cm³/mol. The first-order chi connectivity index (χ1) is 11.0. The number of allylic oxidation sites excluding steroid dienone is 6. The molecule has 4 aliphatic carbocycles. The van der Waals surface area contributed by atoms with Crippen LogP contribution in [0.15, 0.2) is 41.1 Å². The van der Waals surface area contributed by atoms with Crippen LogP contribution in [0.5, 0.6) is 0 Å². The minimum Gasteiger partial charge on any atom is -0.381 e. The quantitative estimate of drug-likeness (QED) is 0.676. The van der Waals surface area contributed by atoms with Gasteiger partial charge in [0.05, 0.1) is 11.8 Å². The van der Waals surface area contributed by atoms with Gasteiger partial charge in [0.15, 0.2) is 0 Å². The van der Waals surface area contributed by atoms with Crippen LogP contribution in [-0.2, 0) is 4.74 Å². The van der Waals surface area contributed by atoms with Crippen molar-refractivity contribution in [3.63, 3.8) is 0 Å². The minimum absolute atomic E-state index is 0.0695. The molecule has 0 amide bonds. The molecule has 0 aromatic rings. The van der Waals surface area contributed by atoms with Gasteiger partial charge in [0.2, 0.25) is 0 Å². The van der Waals surface area contributed by atoms with Crippen molar-refractivity contribution in [3.05, 3.63) is 36.0 Å². The summed E-state index contributed by atoms with van der Waals surface area (Å²) in [5, 5.41) is 3.36. The maximum atomic E-state index is 9.07. The number of nitrogens with zero attached hydrogens (tertiary/aromatic N) is 2. The van der Waals surface area contributed by atoms with E-state index in [1.165, 1.54) is 31.3 Å². The van der Waals surface area contributed by atoms with Crippen molar-refractivity contribution in [1.82, 2.24) is 5.84 Å². The molecular weight excluding hydrogens is 284 g/mol. The molecule has 3 heteroatoms. The monoisotopic (exact) mass is 310 g/mol. The van der Waals surface area contributed by atoms with Crippen LogP contribution in [0.4, 0.5) is 0 Å².